The van der Waals surface area contributed by atoms with Gasteiger partial charge in [0.2, 0.25) is 0 Å². The molecule has 1 aromatic rings. The highest BCUT2D eigenvalue weighted by Gasteiger charge is 2.06. The molecule has 0 aliphatic heterocycles. The smallest absolute Gasteiger partial charge is 0.317 e. The number of anilines is 1. The number of aliphatic hydroxyl groups excluding tert-OH is 1. The zero-order chi connectivity index (χ0) is 14.3. The van der Waals surface area contributed by atoms with Crippen molar-refractivity contribution in [2.45, 2.75) is 0 Å². The van der Waals surface area contributed by atoms with Gasteiger partial charge in [0.25, 0.3) is 0 Å². The number of aromatic nitrogens is 1. The number of hydrogen-bond acceptors (Lipinski definition) is 4. The Bertz CT molecular complexity index is 431. The molecule has 0 bridgehead atoms. The van der Waals surface area contributed by atoms with Crippen LogP contribution in [0.3, 0.4) is 0 Å². The van der Waals surface area contributed by atoms with Crippen molar-refractivity contribution in [3.8, 4) is 0 Å². The van der Waals surface area contributed by atoms with Crippen molar-refractivity contribution < 1.29 is 9.90 Å². The summed E-state index contributed by atoms with van der Waals surface area (Å²) in [5.41, 5.74) is 0. The lowest BCUT2D eigenvalue weighted by atomic mass is 10.4. The number of hydrogen-bond donors (Lipinski definition) is 3. The van der Waals surface area contributed by atoms with Crippen LogP contribution in [0.2, 0.25) is 10.0 Å². The fourth-order valence-electron chi connectivity index (χ4n) is 1.28. The zero-order valence-corrected chi connectivity index (χ0v) is 12.0. The van der Waals surface area contributed by atoms with Gasteiger partial charge in [-0.05, 0) is 6.07 Å². The van der Waals surface area contributed by atoms with E-state index in [1.54, 1.807) is 13.1 Å². The summed E-state index contributed by atoms with van der Waals surface area (Å²) < 4.78 is 0. The maximum Gasteiger partial charge on any atom is 0.317 e. The van der Waals surface area contributed by atoms with Crippen LogP contribution in [0.15, 0.2) is 12.3 Å². The second kappa shape index (κ2) is 8.04. The van der Waals surface area contributed by atoms with E-state index in [2.05, 4.69) is 15.6 Å². The molecule has 0 saturated heterocycles. The fourth-order valence-corrected chi connectivity index (χ4v) is 1.73. The summed E-state index contributed by atoms with van der Waals surface area (Å²) >= 11 is 11.7. The largest absolute Gasteiger partial charge is 0.395 e. The Morgan fingerprint density at radius 2 is 2.21 bits per heavy atom. The summed E-state index contributed by atoms with van der Waals surface area (Å²) in [6.45, 7) is 1.12. The molecule has 106 valence electrons. The lowest BCUT2D eigenvalue weighted by Gasteiger charge is -2.16. The molecule has 0 spiro atoms. The van der Waals surface area contributed by atoms with Crippen molar-refractivity contribution in [2.75, 3.05) is 38.6 Å². The second-order valence-corrected chi connectivity index (χ2v) is 4.63. The highest BCUT2D eigenvalue weighted by atomic mass is 35.5. The third kappa shape index (κ3) is 5.50. The van der Waals surface area contributed by atoms with E-state index < -0.39 is 0 Å². The van der Waals surface area contributed by atoms with Crippen LogP contribution in [0, 0.1) is 0 Å². The number of pyridine rings is 1. The van der Waals surface area contributed by atoms with Crippen LogP contribution < -0.4 is 10.6 Å². The molecule has 0 aliphatic carbocycles. The number of nitrogens with zero attached hydrogens (tertiary/aromatic N) is 2. The Kier molecular flexibility index (Phi) is 6.69. The van der Waals surface area contributed by atoms with Gasteiger partial charge in [-0.3, -0.25) is 0 Å². The minimum atomic E-state index is -0.244. The Hall–Kier alpha value is -1.24. The van der Waals surface area contributed by atoms with Gasteiger partial charge in [0, 0.05) is 32.9 Å². The van der Waals surface area contributed by atoms with Crippen molar-refractivity contribution in [1.82, 2.24) is 15.2 Å². The molecule has 0 aliphatic rings. The summed E-state index contributed by atoms with van der Waals surface area (Å²) in [5, 5.41) is 15.3. The Morgan fingerprint density at radius 3 is 2.84 bits per heavy atom. The van der Waals surface area contributed by atoms with Crippen LogP contribution in [-0.4, -0.2) is 54.3 Å². The summed E-state index contributed by atoms with van der Waals surface area (Å²) in [6, 6.07) is 1.34. The van der Waals surface area contributed by atoms with Crippen LogP contribution in [0.25, 0.3) is 0 Å². The highest BCUT2D eigenvalue weighted by molar-refractivity contribution is 6.35. The molecule has 8 heteroatoms. The van der Waals surface area contributed by atoms with Gasteiger partial charge in [0.15, 0.2) is 0 Å². The molecule has 1 aromatic heterocycles. The van der Waals surface area contributed by atoms with E-state index in [1.165, 1.54) is 11.1 Å². The molecule has 1 rings (SSSR count). The van der Waals surface area contributed by atoms with E-state index in [0.29, 0.717) is 35.5 Å². The normalized spacial score (nSPS) is 10.1. The number of carbonyl (C=O) groups excluding carboxylic acids is 1. The molecule has 3 N–H and O–H groups in total. The summed E-state index contributed by atoms with van der Waals surface area (Å²) in [6.07, 6.45) is 1.49. The molecule has 0 atom stereocenters. The van der Waals surface area contributed by atoms with E-state index in [4.69, 9.17) is 28.3 Å². The SMILES string of the molecule is CN(CCO)C(=O)NCCNc1ncc(Cl)cc1Cl. The topological polar surface area (TPSA) is 77.5 Å². The third-order valence-corrected chi connectivity index (χ3v) is 2.78. The van der Waals surface area contributed by atoms with Crippen molar-refractivity contribution in [3.63, 3.8) is 0 Å². The average Bonchev–Trinajstić information content (AvgIpc) is 2.36. The molecule has 0 aromatic carbocycles. The van der Waals surface area contributed by atoms with Crippen molar-refractivity contribution in [1.29, 1.82) is 0 Å². The van der Waals surface area contributed by atoms with Crippen LogP contribution in [-0.2, 0) is 0 Å². The number of carbonyl (C=O) groups is 1. The molecule has 19 heavy (non-hydrogen) atoms. The Morgan fingerprint density at radius 1 is 1.47 bits per heavy atom. The minimum Gasteiger partial charge on any atom is -0.395 e. The van der Waals surface area contributed by atoms with Gasteiger partial charge < -0.3 is 20.6 Å². The first kappa shape index (κ1) is 15.8. The van der Waals surface area contributed by atoms with Crippen molar-refractivity contribution in [3.05, 3.63) is 22.3 Å². The van der Waals surface area contributed by atoms with Gasteiger partial charge in [-0.2, -0.15) is 0 Å². The molecule has 0 radical (unpaired) electrons. The van der Waals surface area contributed by atoms with Gasteiger partial charge in [-0.25, -0.2) is 9.78 Å². The fraction of sp³-hybridized carbons (Fsp3) is 0.455. The minimum absolute atomic E-state index is 0.0630. The second-order valence-electron chi connectivity index (χ2n) is 3.79. The molecule has 1 heterocycles. The molecule has 6 nitrogen and oxygen atoms in total. The first-order chi connectivity index (χ1) is 9.04. The monoisotopic (exact) mass is 306 g/mol. The Balaban J connectivity index is 2.29. The average molecular weight is 307 g/mol. The summed E-state index contributed by atoms with van der Waals surface area (Å²) in [4.78, 5) is 16.9. The van der Waals surface area contributed by atoms with Gasteiger partial charge >= 0.3 is 6.03 Å². The van der Waals surface area contributed by atoms with E-state index in [0.717, 1.165) is 0 Å². The van der Waals surface area contributed by atoms with Crippen LogP contribution >= 0.6 is 23.2 Å². The number of rotatable bonds is 6. The first-order valence-corrected chi connectivity index (χ1v) is 6.45. The zero-order valence-electron chi connectivity index (χ0n) is 10.5. The molecular formula is C11H16Cl2N4O2. The lowest BCUT2D eigenvalue weighted by Crippen LogP contribution is -2.40. The van der Waals surface area contributed by atoms with E-state index in [9.17, 15) is 4.79 Å². The van der Waals surface area contributed by atoms with E-state index >= 15 is 0 Å². The number of likely N-dealkylation sites (N-methyl/N-ethyl adjacent to an activating group) is 1. The third-order valence-electron chi connectivity index (χ3n) is 2.28. The van der Waals surface area contributed by atoms with Crippen LogP contribution in [0.5, 0.6) is 0 Å². The molecule has 0 unspecified atom stereocenters. The van der Waals surface area contributed by atoms with Crippen molar-refractivity contribution >= 4 is 35.1 Å². The van der Waals surface area contributed by atoms with E-state index in [-0.39, 0.29) is 12.6 Å². The number of aliphatic hydroxyl groups is 1. The maximum atomic E-state index is 11.5. The van der Waals surface area contributed by atoms with Crippen LogP contribution in [0.1, 0.15) is 0 Å². The number of halogens is 2. The highest BCUT2D eigenvalue weighted by Crippen LogP contribution is 2.21. The number of amides is 2. The molecule has 0 saturated carbocycles. The quantitative estimate of drug-likeness (QED) is 0.695. The standard InChI is InChI=1S/C11H16Cl2N4O2/c1-17(4-5-18)11(19)15-3-2-14-10-9(13)6-8(12)7-16-10/h6-7,18H,2-5H2,1H3,(H,14,16)(H,15,19). The molecule has 0 fully saturated rings. The van der Waals surface area contributed by atoms with E-state index in [1.807, 2.05) is 0 Å². The predicted octanol–water partition coefficient (Wildman–Crippen LogP) is 1.43. The number of urea groups is 1. The maximum absolute atomic E-state index is 11.5. The number of nitrogens with one attached hydrogen (secondary N) is 2. The lowest BCUT2D eigenvalue weighted by molar-refractivity contribution is 0.191. The van der Waals surface area contributed by atoms with Crippen LogP contribution in [0.4, 0.5) is 10.6 Å². The van der Waals surface area contributed by atoms with Gasteiger partial charge in [0.05, 0.1) is 16.7 Å². The van der Waals surface area contributed by atoms with Gasteiger partial charge in [-0.1, -0.05) is 23.2 Å². The van der Waals surface area contributed by atoms with Gasteiger partial charge in [0.1, 0.15) is 5.82 Å². The van der Waals surface area contributed by atoms with Gasteiger partial charge in [-0.15, -0.1) is 0 Å². The first-order valence-electron chi connectivity index (χ1n) is 5.69. The predicted molar refractivity (Wildman–Crippen MR) is 75.9 cm³/mol. The summed E-state index contributed by atoms with van der Waals surface area (Å²) in [5.74, 6) is 0.518. The molecular weight excluding hydrogens is 291 g/mol. The molecule has 2 amide bonds. The van der Waals surface area contributed by atoms with Crippen molar-refractivity contribution in [2.24, 2.45) is 0 Å². The summed E-state index contributed by atoms with van der Waals surface area (Å²) in [7, 11) is 1.61. The Labute approximate surface area is 121 Å².